The zero-order valence-electron chi connectivity index (χ0n) is 12.9. The van der Waals surface area contributed by atoms with Crippen molar-refractivity contribution in [3.05, 3.63) is 23.8 Å². The number of carbonyl (C=O) groups is 3. The Labute approximate surface area is 140 Å². The van der Waals surface area contributed by atoms with Gasteiger partial charge in [0.2, 0.25) is 5.91 Å². The average molecular weight is 357 g/mol. The number of halogens is 3. The molecule has 7 nitrogen and oxygen atoms in total. The van der Waals surface area contributed by atoms with E-state index in [1.54, 1.807) is 4.90 Å². The molecule has 0 atom stereocenters. The first-order valence-electron chi connectivity index (χ1n) is 7.51. The number of hydrogen-bond acceptors (Lipinski definition) is 5. The molecule has 0 bridgehead atoms. The third kappa shape index (κ3) is 3.58. The SMILES string of the molecule is O=C1C(=O)N(CC(=O)N2CCNCC2)c2ccc(OC(F)(F)F)cc21. The fraction of sp³-hybridized carbons (Fsp3) is 0.400. The fourth-order valence-electron chi connectivity index (χ4n) is 2.78. The second-order valence-electron chi connectivity index (χ2n) is 5.58. The van der Waals surface area contributed by atoms with Crippen molar-refractivity contribution in [3.63, 3.8) is 0 Å². The van der Waals surface area contributed by atoms with Gasteiger partial charge in [-0.05, 0) is 18.2 Å². The number of alkyl halides is 3. The highest BCUT2D eigenvalue weighted by atomic mass is 19.4. The number of nitrogens with zero attached hydrogens (tertiary/aromatic N) is 2. The number of ketones is 1. The van der Waals surface area contributed by atoms with E-state index in [0.717, 1.165) is 17.0 Å². The molecule has 0 spiro atoms. The third-order valence-electron chi connectivity index (χ3n) is 3.94. The molecule has 0 saturated carbocycles. The Balaban J connectivity index is 1.80. The van der Waals surface area contributed by atoms with E-state index >= 15 is 0 Å². The van der Waals surface area contributed by atoms with Gasteiger partial charge in [-0.3, -0.25) is 19.3 Å². The zero-order chi connectivity index (χ0) is 18.2. The van der Waals surface area contributed by atoms with Crippen LogP contribution in [0.15, 0.2) is 18.2 Å². The molecule has 2 aliphatic rings. The standard InChI is InChI=1S/C15H14F3N3O4/c16-15(17,18)25-9-1-2-11-10(7-9)13(23)14(24)21(11)8-12(22)20-5-3-19-4-6-20/h1-2,7,19H,3-6,8H2. The number of rotatable bonds is 3. The molecule has 2 amide bonds. The van der Waals surface area contributed by atoms with Gasteiger partial charge in [-0.25, -0.2) is 0 Å². The Kier molecular flexibility index (Phi) is 4.38. The lowest BCUT2D eigenvalue weighted by Gasteiger charge is -2.29. The van der Waals surface area contributed by atoms with Crippen molar-refractivity contribution >= 4 is 23.3 Å². The van der Waals surface area contributed by atoms with Crippen LogP contribution in [0.25, 0.3) is 0 Å². The minimum atomic E-state index is -4.90. The van der Waals surface area contributed by atoms with Crippen LogP contribution in [-0.2, 0) is 9.59 Å². The van der Waals surface area contributed by atoms with E-state index in [2.05, 4.69) is 10.1 Å². The Morgan fingerprint density at radius 1 is 1.20 bits per heavy atom. The second kappa shape index (κ2) is 6.36. The lowest BCUT2D eigenvalue weighted by atomic mass is 10.1. The van der Waals surface area contributed by atoms with Gasteiger partial charge in [-0.2, -0.15) is 0 Å². The normalized spacial score (nSPS) is 17.7. The lowest BCUT2D eigenvalue weighted by molar-refractivity contribution is -0.274. The van der Waals surface area contributed by atoms with Crippen LogP contribution >= 0.6 is 0 Å². The number of hydrogen-bond donors (Lipinski definition) is 1. The highest BCUT2D eigenvalue weighted by Crippen LogP contribution is 2.33. The van der Waals surface area contributed by atoms with Crippen molar-refractivity contribution in [1.29, 1.82) is 0 Å². The van der Waals surface area contributed by atoms with Gasteiger partial charge >= 0.3 is 6.36 Å². The van der Waals surface area contributed by atoms with Gasteiger partial charge in [-0.1, -0.05) is 0 Å². The van der Waals surface area contributed by atoms with Crippen molar-refractivity contribution in [2.24, 2.45) is 0 Å². The molecule has 2 heterocycles. The minimum Gasteiger partial charge on any atom is -0.406 e. The maximum atomic E-state index is 12.3. The molecule has 1 fully saturated rings. The van der Waals surface area contributed by atoms with E-state index in [1.165, 1.54) is 6.07 Å². The van der Waals surface area contributed by atoms with Gasteiger partial charge in [0.25, 0.3) is 11.7 Å². The number of Topliss-reactive ketones (excluding diaryl/α,β-unsaturated/α-hetero) is 1. The van der Waals surface area contributed by atoms with Crippen molar-refractivity contribution in [3.8, 4) is 5.75 Å². The summed E-state index contributed by atoms with van der Waals surface area (Å²) in [5.74, 6) is -2.83. The van der Waals surface area contributed by atoms with Crippen molar-refractivity contribution in [2.45, 2.75) is 6.36 Å². The van der Waals surface area contributed by atoms with Gasteiger partial charge < -0.3 is 15.0 Å². The van der Waals surface area contributed by atoms with Crippen LogP contribution in [0.4, 0.5) is 18.9 Å². The predicted molar refractivity (Wildman–Crippen MR) is 79.3 cm³/mol. The van der Waals surface area contributed by atoms with Crippen LogP contribution in [0.5, 0.6) is 5.75 Å². The molecule has 3 rings (SSSR count). The maximum absolute atomic E-state index is 12.3. The minimum absolute atomic E-state index is 0.105. The van der Waals surface area contributed by atoms with Gasteiger partial charge in [-0.15, -0.1) is 13.2 Å². The van der Waals surface area contributed by atoms with Crippen LogP contribution in [0, 0.1) is 0 Å². The average Bonchev–Trinajstić information content (AvgIpc) is 2.79. The molecule has 10 heteroatoms. The number of ether oxygens (including phenoxy) is 1. The molecule has 1 N–H and O–H groups in total. The summed E-state index contributed by atoms with van der Waals surface area (Å²) in [6.45, 7) is 1.90. The Bertz CT molecular complexity index is 729. The van der Waals surface area contributed by atoms with Crippen LogP contribution in [0.2, 0.25) is 0 Å². The largest absolute Gasteiger partial charge is 0.573 e. The van der Waals surface area contributed by atoms with E-state index < -0.39 is 23.8 Å². The van der Waals surface area contributed by atoms with Gasteiger partial charge in [0.15, 0.2) is 0 Å². The summed E-state index contributed by atoms with van der Waals surface area (Å²) in [7, 11) is 0. The molecular formula is C15H14F3N3O4. The highest BCUT2D eigenvalue weighted by Gasteiger charge is 2.39. The zero-order valence-corrected chi connectivity index (χ0v) is 12.9. The van der Waals surface area contributed by atoms with E-state index in [0.29, 0.717) is 26.2 Å². The van der Waals surface area contributed by atoms with Gasteiger partial charge in [0, 0.05) is 26.2 Å². The van der Waals surface area contributed by atoms with Crippen molar-refractivity contribution in [2.75, 3.05) is 37.6 Å². The first kappa shape index (κ1) is 17.2. The van der Waals surface area contributed by atoms with Crippen LogP contribution < -0.4 is 15.0 Å². The molecule has 0 radical (unpaired) electrons. The van der Waals surface area contributed by atoms with Crippen LogP contribution in [-0.4, -0.2) is 61.6 Å². The number of piperazine rings is 1. The molecule has 0 aromatic heterocycles. The molecular weight excluding hydrogens is 343 g/mol. The lowest BCUT2D eigenvalue weighted by Crippen LogP contribution is -2.50. The summed E-state index contributed by atoms with van der Waals surface area (Å²) >= 11 is 0. The summed E-state index contributed by atoms with van der Waals surface area (Å²) in [6, 6.07) is 3.03. The van der Waals surface area contributed by atoms with Crippen molar-refractivity contribution < 1.29 is 32.3 Å². The number of nitrogens with one attached hydrogen (secondary N) is 1. The van der Waals surface area contributed by atoms with E-state index in [4.69, 9.17) is 0 Å². The first-order chi connectivity index (χ1) is 11.8. The Hall–Kier alpha value is -2.62. The highest BCUT2D eigenvalue weighted by molar-refractivity contribution is 6.52. The summed E-state index contributed by atoms with van der Waals surface area (Å²) < 4.78 is 40.6. The van der Waals surface area contributed by atoms with Gasteiger partial charge in [0.05, 0.1) is 11.3 Å². The Morgan fingerprint density at radius 2 is 1.88 bits per heavy atom. The fourth-order valence-corrected chi connectivity index (χ4v) is 2.78. The molecule has 134 valence electrons. The molecule has 0 aliphatic carbocycles. The number of amides is 2. The summed E-state index contributed by atoms with van der Waals surface area (Å²) in [4.78, 5) is 39.0. The van der Waals surface area contributed by atoms with Crippen molar-refractivity contribution in [1.82, 2.24) is 10.2 Å². The van der Waals surface area contributed by atoms with Crippen LogP contribution in [0.3, 0.4) is 0 Å². The monoisotopic (exact) mass is 357 g/mol. The first-order valence-corrected chi connectivity index (χ1v) is 7.51. The van der Waals surface area contributed by atoms with E-state index in [9.17, 15) is 27.6 Å². The molecule has 2 aliphatic heterocycles. The number of anilines is 1. The summed E-state index contributed by atoms with van der Waals surface area (Å²) in [5.41, 5.74) is -0.104. The molecule has 25 heavy (non-hydrogen) atoms. The molecule has 0 unspecified atom stereocenters. The maximum Gasteiger partial charge on any atom is 0.573 e. The van der Waals surface area contributed by atoms with Crippen LogP contribution in [0.1, 0.15) is 10.4 Å². The summed E-state index contributed by atoms with van der Waals surface area (Å²) in [5, 5.41) is 3.09. The topological polar surface area (TPSA) is 79.0 Å². The molecule has 1 aromatic rings. The second-order valence-corrected chi connectivity index (χ2v) is 5.58. The summed E-state index contributed by atoms with van der Waals surface area (Å²) in [6.07, 6.45) is -4.90. The molecule has 1 aromatic carbocycles. The smallest absolute Gasteiger partial charge is 0.406 e. The van der Waals surface area contributed by atoms with E-state index in [1.807, 2.05) is 0 Å². The van der Waals surface area contributed by atoms with E-state index in [-0.39, 0.29) is 23.7 Å². The Morgan fingerprint density at radius 3 is 2.52 bits per heavy atom. The number of fused-ring (bicyclic) bond motifs is 1. The number of benzene rings is 1. The third-order valence-corrected chi connectivity index (χ3v) is 3.94. The molecule has 1 saturated heterocycles. The number of carbonyl (C=O) groups excluding carboxylic acids is 3. The predicted octanol–water partition coefficient (Wildman–Crippen LogP) is 0.546. The van der Waals surface area contributed by atoms with Gasteiger partial charge in [0.1, 0.15) is 12.3 Å². The quantitative estimate of drug-likeness (QED) is 0.800.